The van der Waals surface area contributed by atoms with Gasteiger partial charge in [-0.25, -0.2) is 4.98 Å². The topological polar surface area (TPSA) is 33.5 Å². The first kappa shape index (κ1) is 34.0. The van der Waals surface area contributed by atoms with Crippen LogP contribution in [0.4, 0.5) is 17.1 Å². The molecule has 0 saturated carbocycles. The van der Waals surface area contributed by atoms with Crippen LogP contribution < -0.4 is 14.5 Å². The lowest BCUT2D eigenvalue weighted by molar-refractivity contribution is 0.482. The normalized spacial score (nSPS) is 16.1. The molecule has 0 bridgehead atoms. The first-order valence-corrected chi connectivity index (χ1v) is 20.5. The highest BCUT2D eigenvalue weighted by Gasteiger charge is 2.54. The fourth-order valence-electron chi connectivity index (χ4n) is 10.4. The number of hydrogen-bond donors (Lipinski definition) is 0. The molecular weight excluding hydrogens is 721 g/mol. The third kappa shape index (κ3) is 4.70. The van der Waals surface area contributed by atoms with Crippen LogP contribution in [0.2, 0.25) is 0 Å². The van der Waals surface area contributed by atoms with Gasteiger partial charge in [0.2, 0.25) is 0 Å². The molecule has 12 rings (SSSR count). The fourth-order valence-corrected chi connectivity index (χ4v) is 10.4. The number of pyridine rings is 1. The maximum absolute atomic E-state index is 6.94. The van der Waals surface area contributed by atoms with Crippen molar-refractivity contribution in [3.8, 4) is 39.6 Å². The minimum absolute atomic E-state index is 0.0310. The molecule has 0 amide bonds. The van der Waals surface area contributed by atoms with Crippen LogP contribution in [-0.2, 0) is 10.8 Å². The number of para-hydroxylation sites is 2. The van der Waals surface area contributed by atoms with Crippen molar-refractivity contribution in [1.82, 2.24) is 9.55 Å². The summed E-state index contributed by atoms with van der Waals surface area (Å²) in [5.74, 6) is 2.46. The van der Waals surface area contributed by atoms with E-state index in [0.29, 0.717) is 0 Å². The van der Waals surface area contributed by atoms with Gasteiger partial charge in [0.15, 0.2) is 0 Å². The molecule has 284 valence electrons. The van der Waals surface area contributed by atoms with Crippen molar-refractivity contribution >= 4 is 38.9 Å². The van der Waals surface area contributed by atoms with Crippen molar-refractivity contribution in [3.05, 3.63) is 198 Å². The Balaban J connectivity index is 1.10. The Labute approximate surface area is 344 Å². The lowest BCUT2D eigenvalue weighted by Crippen LogP contribution is -2.37. The molecule has 3 aliphatic rings. The molecule has 0 N–H and O–H groups in total. The summed E-state index contributed by atoms with van der Waals surface area (Å²) in [6.07, 6.45) is 1.85. The molecule has 9 aromatic rings. The molecule has 2 aliphatic heterocycles. The summed E-state index contributed by atoms with van der Waals surface area (Å²) in [4.78, 5) is 9.64. The number of ether oxygens (including phenoxy) is 1. The van der Waals surface area contributed by atoms with E-state index < -0.39 is 5.41 Å². The van der Waals surface area contributed by atoms with E-state index >= 15 is 0 Å². The van der Waals surface area contributed by atoms with Gasteiger partial charge in [-0.1, -0.05) is 130 Å². The van der Waals surface area contributed by atoms with Crippen molar-refractivity contribution in [1.29, 1.82) is 0 Å². The zero-order valence-electron chi connectivity index (χ0n) is 33.6. The smallest absolute Gasteiger partial charge is 0.137 e. The molecule has 1 atom stereocenters. The summed E-state index contributed by atoms with van der Waals surface area (Å²) >= 11 is 0. The average Bonchev–Trinajstić information content (AvgIpc) is 3.89. The van der Waals surface area contributed by atoms with E-state index in [1.807, 2.05) is 18.3 Å². The summed E-state index contributed by atoms with van der Waals surface area (Å²) in [6, 6.07) is 59.9. The summed E-state index contributed by atoms with van der Waals surface area (Å²) in [7, 11) is 2.21. The molecule has 0 radical (unpaired) electrons. The largest absolute Gasteiger partial charge is 0.457 e. The molecule has 1 aliphatic carbocycles. The van der Waals surface area contributed by atoms with Crippen molar-refractivity contribution in [3.63, 3.8) is 0 Å². The van der Waals surface area contributed by atoms with Crippen molar-refractivity contribution in [2.24, 2.45) is 0 Å². The molecule has 2 aromatic heterocycles. The van der Waals surface area contributed by atoms with Gasteiger partial charge >= 0.3 is 0 Å². The molecular formula is C54H42N4O. The number of fused-ring (bicyclic) bond motifs is 12. The predicted octanol–water partition coefficient (Wildman–Crippen LogP) is 13.2. The molecule has 1 unspecified atom stereocenters. The summed E-state index contributed by atoms with van der Waals surface area (Å²) in [5, 5.41) is 2.35. The Kier molecular flexibility index (Phi) is 7.03. The van der Waals surface area contributed by atoms with E-state index in [4.69, 9.17) is 9.72 Å². The van der Waals surface area contributed by atoms with Gasteiger partial charge < -0.3 is 14.5 Å². The molecule has 59 heavy (non-hydrogen) atoms. The Morgan fingerprint density at radius 2 is 1.34 bits per heavy atom. The van der Waals surface area contributed by atoms with E-state index in [0.717, 1.165) is 40.4 Å². The van der Waals surface area contributed by atoms with Crippen molar-refractivity contribution in [2.75, 3.05) is 23.5 Å². The monoisotopic (exact) mass is 762 g/mol. The first-order valence-electron chi connectivity index (χ1n) is 20.5. The molecule has 5 nitrogen and oxygen atoms in total. The second kappa shape index (κ2) is 12.2. The van der Waals surface area contributed by atoms with Gasteiger partial charge in [0.05, 0.1) is 40.2 Å². The van der Waals surface area contributed by atoms with Gasteiger partial charge in [0, 0.05) is 36.1 Å². The van der Waals surface area contributed by atoms with Gasteiger partial charge in [-0.05, 0) is 98.0 Å². The number of hydrogen-bond acceptors (Lipinski definition) is 4. The number of rotatable bonds is 4. The Bertz CT molecular complexity index is 3180. The Morgan fingerprint density at radius 1 is 0.576 bits per heavy atom. The lowest BCUT2D eigenvalue weighted by atomic mass is 9.63. The van der Waals surface area contributed by atoms with Crippen LogP contribution in [0.15, 0.2) is 170 Å². The highest BCUT2D eigenvalue weighted by atomic mass is 16.5. The second-order valence-corrected chi connectivity index (χ2v) is 17.3. The SMILES string of the molecule is CN1CN2c3cc(Oc4ccc5c6ccccc6n(-c6ccccn6)c5c4)ccc3C3(c4cc(C(C)(C)C)ccc4-c4cccc(-c5ccccc5)c43)c3cccc1c32. The number of nitrogens with zero attached hydrogens (tertiary/aromatic N) is 4. The van der Waals surface area contributed by atoms with Crippen LogP contribution in [0.5, 0.6) is 11.5 Å². The van der Waals surface area contributed by atoms with Gasteiger partial charge in [-0.15, -0.1) is 0 Å². The average molecular weight is 763 g/mol. The standard InChI is InChI=1S/C54H42N4O/c1-53(2,3)35-23-26-39-42-18-12-17-38(34-14-6-5-7-15-34)51(42)54(45(39)30-35)43-28-25-37(32-49(43)57-33-56(4)47-21-13-19-44(54)52(47)57)59-36-24-27-41-40-16-8-9-20-46(40)58(48(41)31-36)50-22-10-11-29-55-50/h5-32H,33H2,1-4H3. The Hall–Kier alpha value is -7.11. The maximum atomic E-state index is 6.94. The van der Waals surface area contributed by atoms with Crippen LogP contribution in [0.3, 0.4) is 0 Å². The predicted molar refractivity (Wildman–Crippen MR) is 242 cm³/mol. The summed E-state index contributed by atoms with van der Waals surface area (Å²) in [5.41, 5.74) is 16.9. The van der Waals surface area contributed by atoms with Crippen molar-refractivity contribution < 1.29 is 4.74 Å². The number of benzene rings is 7. The fraction of sp³-hybridized carbons (Fsp3) is 0.130. The van der Waals surface area contributed by atoms with Crippen LogP contribution in [0.25, 0.3) is 49.9 Å². The second-order valence-electron chi connectivity index (χ2n) is 17.3. The number of aromatic nitrogens is 2. The molecule has 0 fully saturated rings. The minimum Gasteiger partial charge on any atom is -0.457 e. The molecule has 4 heterocycles. The van der Waals surface area contributed by atoms with Gasteiger partial charge in [0.1, 0.15) is 17.3 Å². The zero-order chi connectivity index (χ0) is 39.6. The number of anilines is 3. The van der Waals surface area contributed by atoms with E-state index in [2.05, 4.69) is 194 Å². The Morgan fingerprint density at radius 3 is 2.19 bits per heavy atom. The molecule has 1 spiro atoms. The maximum Gasteiger partial charge on any atom is 0.137 e. The van der Waals surface area contributed by atoms with Crippen LogP contribution in [0.1, 0.15) is 48.6 Å². The minimum atomic E-state index is -0.582. The third-order valence-electron chi connectivity index (χ3n) is 13.0. The highest BCUT2D eigenvalue weighted by Crippen LogP contribution is 2.66. The molecule has 5 heteroatoms. The summed E-state index contributed by atoms with van der Waals surface area (Å²) in [6.45, 7) is 7.71. The highest BCUT2D eigenvalue weighted by molar-refractivity contribution is 6.09. The van der Waals surface area contributed by atoms with E-state index in [-0.39, 0.29) is 5.41 Å². The van der Waals surface area contributed by atoms with Gasteiger partial charge in [-0.2, -0.15) is 0 Å². The van der Waals surface area contributed by atoms with Crippen LogP contribution >= 0.6 is 0 Å². The quantitative estimate of drug-likeness (QED) is 0.179. The summed E-state index contributed by atoms with van der Waals surface area (Å²) < 4.78 is 9.17. The van der Waals surface area contributed by atoms with Crippen LogP contribution in [0, 0.1) is 0 Å². The van der Waals surface area contributed by atoms with E-state index in [1.165, 1.54) is 72.5 Å². The lowest BCUT2D eigenvalue weighted by Gasteiger charge is -2.44. The van der Waals surface area contributed by atoms with Crippen molar-refractivity contribution in [2.45, 2.75) is 31.6 Å². The van der Waals surface area contributed by atoms with Gasteiger partial charge in [-0.3, -0.25) is 4.57 Å². The molecule has 7 aromatic carbocycles. The first-order chi connectivity index (χ1) is 28.8. The zero-order valence-corrected chi connectivity index (χ0v) is 33.6. The molecule has 0 saturated heterocycles. The van der Waals surface area contributed by atoms with Gasteiger partial charge in [0.25, 0.3) is 0 Å². The third-order valence-corrected chi connectivity index (χ3v) is 13.0. The van der Waals surface area contributed by atoms with E-state index in [1.54, 1.807) is 0 Å². The van der Waals surface area contributed by atoms with E-state index in [9.17, 15) is 0 Å². The van der Waals surface area contributed by atoms with Crippen LogP contribution in [-0.4, -0.2) is 23.3 Å².